The van der Waals surface area contributed by atoms with E-state index in [9.17, 15) is 5.11 Å². The number of ether oxygens (including phenoxy) is 2. The van der Waals surface area contributed by atoms with Gasteiger partial charge in [-0.15, -0.1) is 0 Å². The van der Waals surface area contributed by atoms with Gasteiger partial charge in [0, 0.05) is 5.56 Å². The maximum absolute atomic E-state index is 10.3. The first-order valence-electron chi connectivity index (χ1n) is 5.16. The van der Waals surface area contributed by atoms with Gasteiger partial charge in [0.1, 0.15) is 5.75 Å². The molecule has 1 aliphatic heterocycles. The van der Waals surface area contributed by atoms with Crippen LogP contribution in [0.4, 0.5) is 0 Å². The molecule has 1 aliphatic rings. The van der Waals surface area contributed by atoms with Gasteiger partial charge >= 0.3 is 5.97 Å². The van der Waals surface area contributed by atoms with E-state index in [1.807, 2.05) is 45.0 Å². The molecular weight excluding hydrogens is 192 g/mol. The first-order chi connectivity index (χ1) is 7.01. The Balaban J connectivity index is 2.46. The molecule has 15 heavy (non-hydrogen) atoms. The third kappa shape index (κ3) is 1.34. The van der Waals surface area contributed by atoms with Gasteiger partial charge in [-0.05, 0) is 26.8 Å². The number of hydrogen-bond donors (Lipinski definition) is 1. The highest BCUT2D eigenvalue weighted by Crippen LogP contribution is 2.47. The predicted octanol–water partition coefficient (Wildman–Crippen LogP) is 2.04. The van der Waals surface area contributed by atoms with Crippen LogP contribution in [0.3, 0.4) is 0 Å². The van der Waals surface area contributed by atoms with Crippen molar-refractivity contribution in [3.8, 4) is 5.75 Å². The normalized spacial score (nSPS) is 27.2. The number of hydrogen-bond acceptors (Lipinski definition) is 3. The lowest BCUT2D eigenvalue weighted by Crippen LogP contribution is -2.50. The minimum Gasteiger partial charge on any atom is -0.438 e. The second-order valence-corrected chi connectivity index (χ2v) is 4.24. The Hall–Kier alpha value is -1.06. The zero-order valence-electron chi connectivity index (χ0n) is 9.28. The highest BCUT2D eigenvalue weighted by atomic mass is 16.8. The Morgan fingerprint density at radius 1 is 1.33 bits per heavy atom. The van der Waals surface area contributed by atoms with Gasteiger partial charge in [-0.1, -0.05) is 18.2 Å². The Morgan fingerprint density at radius 3 is 2.60 bits per heavy atom. The first-order valence-corrected chi connectivity index (χ1v) is 5.16. The highest BCUT2D eigenvalue weighted by Gasteiger charge is 2.55. The molecule has 1 aromatic carbocycles. The smallest absolute Gasteiger partial charge is 0.334 e. The number of para-hydroxylation sites is 1. The molecule has 2 rings (SSSR count). The van der Waals surface area contributed by atoms with Crippen molar-refractivity contribution in [3.05, 3.63) is 29.8 Å². The largest absolute Gasteiger partial charge is 0.438 e. The van der Waals surface area contributed by atoms with Crippen molar-refractivity contribution in [2.45, 2.75) is 32.2 Å². The van der Waals surface area contributed by atoms with Crippen LogP contribution < -0.4 is 4.74 Å². The van der Waals surface area contributed by atoms with Gasteiger partial charge in [0.2, 0.25) is 0 Å². The van der Waals surface area contributed by atoms with E-state index in [0.29, 0.717) is 12.4 Å². The first kappa shape index (κ1) is 10.5. The third-order valence-electron chi connectivity index (χ3n) is 2.94. The lowest BCUT2D eigenvalue weighted by atomic mass is 9.83. The average molecular weight is 208 g/mol. The summed E-state index contributed by atoms with van der Waals surface area (Å²) in [6, 6.07) is 7.61. The molecule has 0 aliphatic carbocycles. The Morgan fingerprint density at radius 2 is 2.00 bits per heavy atom. The van der Waals surface area contributed by atoms with E-state index >= 15 is 0 Å². The summed E-state index contributed by atoms with van der Waals surface area (Å²) in [7, 11) is 0. The van der Waals surface area contributed by atoms with Crippen LogP contribution in [-0.2, 0) is 10.2 Å². The maximum atomic E-state index is 10.3. The molecule has 3 nitrogen and oxygen atoms in total. The quantitative estimate of drug-likeness (QED) is 0.756. The van der Waals surface area contributed by atoms with Gasteiger partial charge in [-0.25, -0.2) is 0 Å². The molecular formula is C12H16O3. The molecule has 82 valence electrons. The molecule has 1 unspecified atom stereocenters. The van der Waals surface area contributed by atoms with Gasteiger partial charge in [0.25, 0.3) is 0 Å². The van der Waals surface area contributed by atoms with Crippen molar-refractivity contribution < 1.29 is 14.6 Å². The van der Waals surface area contributed by atoms with Gasteiger partial charge < -0.3 is 14.6 Å². The summed E-state index contributed by atoms with van der Waals surface area (Å²) >= 11 is 0. The summed E-state index contributed by atoms with van der Waals surface area (Å²) in [5.74, 6) is -0.857. The predicted molar refractivity (Wildman–Crippen MR) is 56.7 cm³/mol. The summed E-state index contributed by atoms with van der Waals surface area (Å²) in [6.45, 7) is 6.07. The van der Waals surface area contributed by atoms with Crippen LogP contribution in [0, 0.1) is 0 Å². The van der Waals surface area contributed by atoms with Gasteiger partial charge in [-0.3, -0.25) is 0 Å². The van der Waals surface area contributed by atoms with Crippen molar-refractivity contribution in [2.75, 3.05) is 6.61 Å². The van der Waals surface area contributed by atoms with Gasteiger partial charge in [0.05, 0.1) is 12.0 Å². The fraction of sp³-hybridized carbons (Fsp3) is 0.500. The summed E-state index contributed by atoms with van der Waals surface area (Å²) < 4.78 is 10.8. The van der Waals surface area contributed by atoms with Crippen LogP contribution in [0.5, 0.6) is 5.75 Å². The second-order valence-electron chi connectivity index (χ2n) is 4.24. The van der Waals surface area contributed by atoms with E-state index in [2.05, 4.69) is 0 Å². The molecule has 0 saturated carbocycles. The van der Waals surface area contributed by atoms with Crippen LogP contribution in [0.25, 0.3) is 0 Å². The van der Waals surface area contributed by atoms with E-state index in [4.69, 9.17) is 9.47 Å². The van der Waals surface area contributed by atoms with Crippen molar-refractivity contribution in [3.63, 3.8) is 0 Å². The number of benzene rings is 1. The molecule has 0 amide bonds. The fourth-order valence-electron chi connectivity index (χ4n) is 1.92. The van der Waals surface area contributed by atoms with E-state index < -0.39 is 11.4 Å². The number of aliphatic hydroxyl groups is 1. The van der Waals surface area contributed by atoms with Crippen LogP contribution in [0.2, 0.25) is 0 Å². The molecule has 0 saturated heterocycles. The zero-order chi connectivity index (χ0) is 11.1. The van der Waals surface area contributed by atoms with E-state index in [1.54, 1.807) is 0 Å². The van der Waals surface area contributed by atoms with Crippen molar-refractivity contribution in [1.29, 1.82) is 0 Å². The maximum Gasteiger partial charge on any atom is 0.334 e. The van der Waals surface area contributed by atoms with Crippen molar-refractivity contribution in [1.82, 2.24) is 0 Å². The van der Waals surface area contributed by atoms with E-state index in [-0.39, 0.29) is 0 Å². The third-order valence-corrected chi connectivity index (χ3v) is 2.94. The molecule has 0 fully saturated rings. The molecule has 1 atom stereocenters. The molecule has 0 bridgehead atoms. The van der Waals surface area contributed by atoms with Crippen LogP contribution in [-0.4, -0.2) is 17.7 Å². The Kier molecular flexibility index (Phi) is 2.24. The number of rotatable bonds is 2. The fourth-order valence-corrected chi connectivity index (χ4v) is 1.92. The van der Waals surface area contributed by atoms with E-state index in [0.717, 1.165) is 5.56 Å². The minimum absolute atomic E-state index is 0.411. The Labute approximate surface area is 89.6 Å². The monoisotopic (exact) mass is 208 g/mol. The molecule has 0 spiro atoms. The topological polar surface area (TPSA) is 38.7 Å². The average Bonchev–Trinajstić information content (AvgIpc) is 2.36. The number of fused-ring (bicyclic) bond motifs is 1. The lowest BCUT2D eigenvalue weighted by molar-refractivity contribution is -0.338. The van der Waals surface area contributed by atoms with Crippen molar-refractivity contribution >= 4 is 0 Å². The minimum atomic E-state index is -1.55. The molecule has 0 aromatic heterocycles. The van der Waals surface area contributed by atoms with Gasteiger partial charge in [0.15, 0.2) is 0 Å². The summed E-state index contributed by atoms with van der Waals surface area (Å²) in [6.07, 6.45) is 0. The SMILES string of the molecule is CCOC1(O)Oc2ccccc2C1(C)C. The highest BCUT2D eigenvalue weighted by molar-refractivity contribution is 5.44. The van der Waals surface area contributed by atoms with Gasteiger partial charge in [-0.2, -0.15) is 0 Å². The molecule has 1 N–H and O–H groups in total. The summed E-state index contributed by atoms with van der Waals surface area (Å²) in [5.41, 5.74) is 0.417. The molecule has 0 radical (unpaired) electrons. The summed E-state index contributed by atoms with van der Waals surface area (Å²) in [4.78, 5) is 0. The lowest BCUT2D eigenvalue weighted by Gasteiger charge is -2.33. The molecule has 1 heterocycles. The standard InChI is InChI=1S/C12H16O3/c1-4-14-12(13)11(2,3)9-7-5-6-8-10(9)15-12/h5-8,13H,4H2,1-3H3. The van der Waals surface area contributed by atoms with Crippen molar-refractivity contribution in [2.24, 2.45) is 0 Å². The molecule has 3 heteroatoms. The zero-order valence-corrected chi connectivity index (χ0v) is 9.28. The van der Waals surface area contributed by atoms with Crippen LogP contribution in [0.15, 0.2) is 24.3 Å². The Bertz CT molecular complexity index is 373. The van der Waals surface area contributed by atoms with Crippen LogP contribution in [0.1, 0.15) is 26.3 Å². The summed E-state index contributed by atoms with van der Waals surface area (Å²) in [5, 5.41) is 10.3. The second kappa shape index (κ2) is 3.22. The molecule has 1 aromatic rings. The van der Waals surface area contributed by atoms with E-state index in [1.165, 1.54) is 0 Å². The van der Waals surface area contributed by atoms with Crippen LogP contribution >= 0.6 is 0 Å².